The molecule has 0 bridgehead atoms. The minimum atomic E-state index is -0.263. The second kappa shape index (κ2) is 6.02. The summed E-state index contributed by atoms with van der Waals surface area (Å²) in [5, 5.41) is 2.86. The smallest absolute Gasteiger partial charge is 0.274 e. The molecule has 1 aromatic carbocycles. The third-order valence-electron chi connectivity index (χ3n) is 2.83. The number of nitrogens with two attached hydrogens (primary N) is 1. The van der Waals surface area contributed by atoms with E-state index < -0.39 is 0 Å². The van der Waals surface area contributed by atoms with Gasteiger partial charge in [-0.1, -0.05) is 6.07 Å². The fraction of sp³-hybridized carbons (Fsp3) is 0.143. The molecule has 0 unspecified atom stereocenters. The minimum absolute atomic E-state index is 0.263. The first kappa shape index (κ1) is 14.5. The van der Waals surface area contributed by atoms with Crippen LogP contribution in [-0.2, 0) is 0 Å². The van der Waals surface area contributed by atoms with Crippen molar-refractivity contribution in [1.82, 2.24) is 4.98 Å². The van der Waals surface area contributed by atoms with Crippen LogP contribution in [0.15, 0.2) is 34.9 Å². The van der Waals surface area contributed by atoms with Crippen LogP contribution in [0.2, 0.25) is 0 Å². The molecule has 4 N–H and O–H groups in total. The lowest BCUT2D eigenvalue weighted by Gasteiger charge is -2.11. The van der Waals surface area contributed by atoms with Gasteiger partial charge in [-0.2, -0.15) is 0 Å². The summed E-state index contributed by atoms with van der Waals surface area (Å²) in [6, 6.07) is 7.27. The van der Waals surface area contributed by atoms with Crippen molar-refractivity contribution in [3.8, 4) is 0 Å². The first-order chi connectivity index (χ1) is 9.51. The first-order valence-electron chi connectivity index (χ1n) is 6.02. The SMILES string of the molecule is Cc1cc(C)c(NC(=O)c2ccc(NN)cn2)c(Br)c1. The number of aromatic nitrogens is 1. The summed E-state index contributed by atoms with van der Waals surface area (Å²) in [5.74, 6) is 4.99. The summed E-state index contributed by atoms with van der Waals surface area (Å²) in [6.07, 6.45) is 1.51. The molecule has 1 heterocycles. The molecule has 0 aliphatic rings. The quantitative estimate of drug-likeness (QED) is 0.595. The number of carbonyl (C=O) groups is 1. The zero-order valence-corrected chi connectivity index (χ0v) is 12.8. The van der Waals surface area contributed by atoms with Gasteiger partial charge in [0.1, 0.15) is 5.69 Å². The number of carbonyl (C=O) groups excluding carboxylic acids is 1. The number of pyridine rings is 1. The average molecular weight is 335 g/mol. The summed E-state index contributed by atoms with van der Waals surface area (Å²) in [6.45, 7) is 3.95. The number of nitrogens with zero attached hydrogens (tertiary/aromatic N) is 1. The summed E-state index contributed by atoms with van der Waals surface area (Å²) in [5.41, 5.74) is 6.32. The van der Waals surface area contributed by atoms with Crippen molar-refractivity contribution in [3.05, 3.63) is 51.8 Å². The normalized spacial score (nSPS) is 10.2. The molecule has 0 spiro atoms. The summed E-state index contributed by atoms with van der Waals surface area (Å²) in [4.78, 5) is 16.2. The highest BCUT2D eigenvalue weighted by molar-refractivity contribution is 9.10. The average Bonchev–Trinajstić information content (AvgIpc) is 2.42. The van der Waals surface area contributed by atoms with Crippen molar-refractivity contribution in [1.29, 1.82) is 0 Å². The van der Waals surface area contributed by atoms with Gasteiger partial charge in [0, 0.05) is 4.47 Å². The van der Waals surface area contributed by atoms with Gasteiger partial charge in [-0.05, 0) is 59.1 Å². The van der Waals surface area contributed by atoms with Gasteiger partial charge >= 0.3 is 0 Å². The highest BCUT2D eigenvalue weighted by Crippen LogP contribution is 2.28. The van der Waals surface area contributed by atoms with Crippen molar-refractivity contribution in [2.24, 2.45) is 5.84 Å². The van der Waals surface area contributed by atoms with Crippen molar-refractivity contribution in [2.45, 2.75) is 13.8 Å². The molecule has 0 saturated carbocycles. The molecular weight excluding hydrogens is 320 g/mol. The molecule has 1 aromatic heterocycles. The van der Waals surface area contributed by atoms with Crippen LogP contribution in [0.3, 0.4) is 0 Å². The maximum Gasteiger partial charge on any atom is 0.274 e. The van der Waals surface area contributed by atoms with Crippen molar-refractivity contribution >= 4 is 33.2 Å². The fourth-order valence-corrected chi connectivity index (χ4v) is 2.64. The Morgan fingerprint density at radius 1 is 1.30 bits per heavy atom. The van der Waals surface area contributed by atoms with E-state index in [1.165, 1.54) is 6.20 Å². The zero-order valence-electron chi connectivity index (χ0n) is 11.2. The van der Waals surface area contributed by atoms with Crippen LogP contribution >= 0.6 is 15.9 Å². The standard InChI is InChI=1S/C14H15BrN4O/c1-8-5-9(2)13(11(15)6-8)18-14(20)12-4-3-10(19-16)7-17-12/h3-7,19H,16H2,1-2H3,(H,18,20). The highest BCUT2D eigenvalue weighted by atomic mass is 79.9. The van der Waals surface area contributed by atoms with Crippen LogP contribution in [0.5, 0.6) is 0 Å². The number of anilines is 2. The fourth-order valence-electron chi connectivity index (χ4n) is 1.87. The summed E-state index contributed by atoms with van der Waals surface area (Å²) < 4.78 is 0.851. The Morgan fingerprint density at radius 2 is 2.05 bits per heavy atom. The molecule has 0 radical (unpaired) electrons. The van der Waals surface area contributed by atoms with Gasteiger partial charge in [-0.15, -0.1) is 0 Å². The van der Waals surface area contributed by atoms with Crippen molar-refractivity contribution in [3.63, 3.8) is 0 Å². The third-order valence-corrected chi connectivity index (χ3v) is 3.46. The van der Waals surface area contributed by atoms with E-state index in [0.717, 1.165) is 21.3 Å². The van der Waals surface area contributed by atoms with E-state index in [4.69, 9.17) is 5.84 Å². The Balaban J connectivity index is 2.23. The van der Waals surface area contributed by atoms with Crippen LogP contribution in [0.1, 0.15) is 21.6 Å². The van der Waals surface area contributed by atoms with Crippen LogP contribution in [-0.4, -0.2) is 10.9 Å². The Morgan fingerprint density at radius 3 is 2.60 bits per heavy atom. The molecule has 5 nitrogen and oxygen atoms in total. The van der Waals surface area contributed by atoms with Gasteiger partial charge in [0.25, 0.3) is 5.91 Å². The third kappa shape index (κ3) is 3.15. The summed E-state index contributed by atoms with van der Waals surface area (Å²) >= 11 is 3.46. The van der Waals surface area contributed by atoms with Crippen LogP contribution < -0.4 is 16.6 Å². The molecule has 0 fully saturated rings. The van der Waals surface area contributed by atoms with Gasteiger partial charge in [-0.25, -0.2) is 4.98 Å². The van der Waals surface area contributed by atoms with E-state index in [9.17, 15) is 4.79 Å². The molecule has 2 rings (SSSR count). The summed E-state index contributed by atoms with van der Waals surface area (Å²) in [7, 11) is 0. The Kier molecular flexibility index (Phi) is 4.36. The second-order valence-corrected chi connectivity index (χ2v) is 5.32. The maximum absolute atomic E-state index is 12.2. The molecule has 1 amide bonds. The lowest BCUT2D eigenvalue weighted by molar-refractivity contribution is 0.102. The molecule has 104 valence electrons. The van der Waals surface area contributed by atoms with Crippen LogP contribution in [0.4, 0.5) is 11.4 Å². The number of halogens is 1. The second-order valence-electron chi connectivity index (χ2n) is 4.47. The predicted octanol–water partition coefficient (Wildman–Crippen LogP) is 3.00. The Hall–Kier alpha value is -1.92. The van der Waals surface area contributed by atoms with Gasteiger partial charge in [0.15, 0.2) is 0 Å². The van der Waals surface area contributed by atoms with Gasteiger partial charge < -0.3 is 10.7 Å². The van der Waals surface area contributed by atoms with E-state index in [2.05, 4.69) is 31.7 Å². The molecule has 0 aliphatic carbocycles. The topological polar surface area (TPSA) is 80.0 Å². The minimum Gasteiger partial charge on any atom is -0.323 e. The Bertz CT molecular complexity index is 617. The van der Waals surface area contributed by atoms with Gasteiger partial charge in [0.2, 0.25) is 0 Å². The predicted molar refractivity (Wildman–Crippen MR) is 83.6 cm³/mol. The maximum atomic E-state index is 12.2. The zero-order chi connectivity index (χ0) is 14.7. The van der Waals surface area contributed by atoms with E-state index in [1.54, 1.807) is 12.1 Å². The van der Waals surface area contributed by atoms with E-state index in [-0.39, 0.29) is 5.91 Å². The van der Waals surface area contributed by atoms with E-state index in [0.29, 0.717) is 11.4 Å². The number of nitrogen functional groups attached to an aromatic ring is 1. The monoisotopic (exact) mass is 334 g/mol. The molecule has 6 heteroatoms. The number of rotatable bonds is 3. The number of amides is 1. The van der Waals surface area contributed by atoms with Gasteiger partial charge in [0.05, 0.1) is 17.6 Å². The molecule has 0 aliphatic heterocycles. The first-order valence-corrected chi connectivity index (χ1v) is 6.81. The van der Waals surface area contributed by atoms with Crippen LogP contribution in [0, 0.1) is 13.8 Å². The molecular formula is C14H15BrN4O. The number of benzene rings is 1. The van der Waals surface area contributed by atoms with E-state index >= 15 is 0 Å². The number of hydrogen-bond donors (Lipinski definition) is 3. The van der Waals surface area contributed by atoms with Gasteiger partial charge in [-0.3, -0.25) is 10.6 Å². The molecule has 0 saturated heterocycles. The number of hydrazine groups is 1. The Labute approximate surface area is 125 Å². The number of nitrogens with one attached hydrogen (secondary N) is 2. The lowest BCUT2D eigenvalue weighted by atomic mass is 10.1. The lowest BCUT2D eigenvalue weighted by Crippen LogP contribution is -2.15. The molecule has 0 atom stereocenters. The number of aryl methyl sites for hydroxylation is 2. The van der Waals surface area contributed by atoms with Crippen molar-refractivity contribution < 1.29 is 4.79 Å². The number of hydrogen-bond acceptors (Lipinski definition) is 4. The molecule has 20 heavy (non-hydrogen) atoms. The molecule has 2 aromatic rings. The highest BCUT2D eigenvalue weighted by Gasteiger charge is 2.12. The van der Waals surface area contributed by atoms with Crippen LogP contribution in [0.25, 0.3) is 0 Å². The van der Waals surface area contributed by atoms with Crippen molar-refractivity contribution in [2.75, 3.05) is 10.7 Å². The van der Waals surface area contributed by atoms with E-state index in [1.807, 2.05) is 26.0 Å². The largest absolute Gasteiger partial charge is 0.323 e.